The molecule has 0 aromatic heterocycles. The van der Waals surface area contributed by atoms with E-state index in [0.717, 1.165) is 19.1 Å². The Morgan fingerprint density at radius 2 is 1.71 bits per heavy atom. The lowest BCUT2D eigenvalue weighted by Crippen LogP contribution is -2.35. The fourth-order valence-electron chi connectivity index (χ4n) is 1.71. The van der Waals surface area contributed by atoms with Gasteiger partial charge in [-0.05, 0) is 30.7 Å². The van der Waals surface area contributed by atoms with E-state index in [1.807, 2.05) is 6.92 Å². The number of rotatable bonds is 9. The third kappa shape index (κ3) is 8.37. The van der Waals surface area contributed by atoms with Gasteiger partial charge in [0.2, 0.25) is 10.0 Å². The van der Waals surface area contributed by atoms with Crippen LogP contribution in [0.4, 0.5) is 10.5 Å². The largest absolute Gasteiger partial charge is 0.450 e. The van der Waals surface area contributed by atoms with Crippen molar-refractivity contribution in [1.82, 2.24) is 10.6 Å². The lowest BCUT2D eigenvalue weighted by molar-refractivity contribution is 0.0952. The highest BCUT2D eigenvalue weighted by Crippen LogP contribution is 2.10. The summed E-state index contributed by atoms with van der Waals surface area (Å²) in [5.41, 5.74) is 0.769. The molecule has 0 saturated heterocycles. The van der Waals surface area contributed by atoms with E-state index in [4.69, 9.17) is 4.74 Å². The van der Waals surface area contributed by atoms with E-state index in [0.29, 0.717) is 17.9 Å². The van der Waals surface area contributed by atoms with Crippen molar-refractivity contribution in [3.63, 3.8) is 0 Å². The maximum absolute atomic E-state index is 11.9. The van der Waals surface area contributed by atoms with E-state index in [2.05, 4.69) is 15.4 Å². The number of sulfonamides is 1. The first-order valence-electron chi connectivity index (χ1n) is 7.58. The minimum Gasteiger partial charge on any atom is -0.450 e. The quantitative estimate of drug-likeness (QED) is 0.577. The van der Waals surface area contributed by atoms with Gasteiger partial charge in [-0.1, -0.05) is 13.3 Å². The molecule has 134 valence electrons. The lowest BCUT2D eigenvalue weighted by Gasteiger charge is -2.08. The van der Waals surface area contributed by atoms with Crippen LogP contribution in [-0.2, 0) is 14.8 Å². The first-order chi connectivity index (χ1) is 11.3. The van der Waals surface area contributed by atoms with Gasteiger partial charge in [0.25, 0.3) is 5.91 Å². The van der Waals surface area contributed by atoms with Gasteiger partial charge in [-0.3, -0.25) is 9.52 Å². The van der Waals surface area contributed by atoms with Crippen LogP contribution in [0.5, 0.6) is 0 Å². The third-order valence-corrected chi connectivity index (χ3v) is 3.47. The van der Waals surface area contributed by atoms with Crippen molar-refractivity contribution in [2.75, 3.05) is 30.7 Å². The summed E-state index contributed by atoms with van der Waals surface area (Å²) >= 11 is 0. The van der Waals surface area contributed by atoms with Crippen molar-refractivity contribution < 1.29 is 22.7 Å². The summed E-state index contributed by atoms with van der Waals surface area (Å²) in [6, 6.07) is 6.02. The molecule has 0 aliphatic heterocycles. The van der Waals surface area contributed by atoms with Gasteiger partial charge in [-0.2, -0.15) is 0 Å². The Kier molecular flexibility index (Phi) is 8.03. The predicted octanol–water partition coefficient (Wildman–Crippen LogP) is 1.31. The Labute approximate surface area is 142 Å². The molecule has 24 heavy (non-hydrogen) atoms. The summed E-state index contributed by atoms with van der Waals surface area (Å²) in [5, 5.41) is 5.17. The molecule has 0 atom stereocenters. The monoisotopic (exact) mass is 357 g/mol. The standard InChI is InChI=1S/C15H23N3O5S/c1-3-4-11-23-15(20)17-10-9-16-14(19)12-5-7-13(8-6-12)18-24(2,21)22/h5-8,18H,3-4,9-11H2,1-2H3,(H,16,19)(H,17,20). The highest BCUT2D eigenvalue weighted by molar-refractivity contribution is 7.92. The second kappa shape index (κ2) is 9.76. The van der Waals surface area contributed by atoms with E-state index in [1.54, 1.807) is 0 Å². The number of alkyl carbamates (subject to hydrolysis) is 1. The van der Waals surface area contributed by atoms with E-state index in [9.17, 15) is 18.0 Å². The molecule has 1 rings (SSSR count). The summed E-state index contributed by atoms with van der Waals surface area (Å²) in [7, 11) is -3.35. The van der Waals surface area contributed by atoms with E-state index in [1.165, 1.54) is 24.3 Å². The topological polar surface area (TPSA) is 114 Å². The Balaban J connectivity index is 2.31. The second-order valence-corrected chi connectivity index (χ2v) is 6.87. The van der Waals surface area contributed by atoms with Gasteiger partial charge in [-0.25, -0.2) is 13.2 Å². The molecule has 0 heterocycles. The van der Waals surface area contributed by atoms with Crippen LogP contribution in [0.2, 0.25) is 0 Å². The molecule has 0 saturated carbocycles. The summed E-state index contributed by atoms with van der Waals surface area (Å²) in [4.78, 5) is 23.2. The average molecular weight is 357 g/mol. The molecule has 0 bridgehead atoms. The molecule has 8 nitrogen and oxygen atoms in total. The number of hydrogen-bond donors (Lipinski definition) is 3. The molecular formula is C15H23N3O5S. The number of unbranched alkanes of at least 4 members (excludes halogenated alkanes) is 1. The highest BCUT2D eigenvalue weighted by Gasteiger charge is 2.07. The number of amides is 2. The number of anilines is 1. The predicted molar refractivity (Wildman–Crippen MR) is 91.5 cm³/mol. The van der Waals surface area contributed by atoms with Crippen LogP contribution in [0.1, 0.15) is 30.1 Å². The Morgan fingerprint density at radius 1 is 1.08 bits per heavy atom. The zero-order chi connectivity index (χ0) is 18.0. The van der Waals surface area contributed by atoms with E-state index < -0.39 is 16.1 Å². The smallest absolute Gasteiger partial charge is 0.407 e. The van der Waals surface area contributed by atoms with Gasteiger partial charge in [0, 0.05) is 24.3 Å². The number of nitrogens with one attached hydrogen (secondary N) is 3. The van der Waals surface area contributed by atoms with Gasteiger partial charge in [0.05, 0.1) is 12.9 Å². The van der Waals surface area contributed by atoms with Gasteiger partial charge in [0.15, 0.2) is 0 Å². The summed E-state index contributed by atoms with van der Waals surface area (Å²) < 4.78 is 29.4. The Morgan fingerprint density at radius 3 is 2.29 bits per heavy atom. The number of hydrogen-bond acceptors (Lipinski definition) is 5. The average Bonchev–Trinajstić information content (AvgIpc) is 2.51. The summed E-state index contributed by atoms with van der Waals surface area (Å²) in [5.74, 6) is -0.318. The number of carbonyl (C=O) groups excluding carboxylic acids is 2. The van der Waals surface area contributed by atoms with Crippen molar-refractivity contribution in [1.29, 1.82) is 0 Å². The van der Waals surface area contributed by atoms with Gasteiger partial charge < -0.3 is 15.4 Å². The lowest BCUT2D eigenvalue weighted by atomic mass is 10.2. The minimum atomic E-state index is -3.35. The maximum atomic E-state index is 11.9. The van der Waals surface area contributed by atoms with Gasteiger partial charge in [-0.15, -0.1) is 0 Å². The van der Waals surface area contributed by atoms with Crippen LogP contribution < -0.4 is 15.4 Å². The van der Waals surface area contributed by atoms with E-state index in [-0.39, 0.29) is 19.0 Å². The molecule has 2 amide bonds. The fraction of sp³-hybridized carbons (Fsp3) is 0.467. The summed E-state index contributed by atoms with van der Waals surface area (Å²) in [6.45, 7) is 2.89. The van der Waals surface area contributed by atoms with Crippen molar-refractivity contribution >= 4 is 27.7 Å². The van der Waals surface area contributed by atoms with Crippen molar-refractivity contribution in [3.05, 3.63) is 29.8 Å². The second-order valence-electron chi connectivity index (χ2n) is 5.12. The zero-order valence-corrected chi connectivity index (χ0v) is 14.6. The van der Waals surface area contributed by atoms with Crippen LogP contribution in [0, 0.1) is 0 Å². The minimum absolute atomic E-state index is 0.254. The van der Waals surface area contributed by atoms with Crippen LogP contribution in [0.15, 0.2) is 24.3 Å². The van der Waals surface area contributed by atoms with Crippen LogP contribution in [-0.4, -0.2) is 46.4 Å². The number of ether oxygens (including phenoxy) is 1. The molecule has 9 heteroatoms. The zero-order valence-electron chi connectivity index (χ0n) is 13.8. The molecule has 0 aliphatic rings. The highest BCUT2D eigenvalue weighted by atomic mass is 32.2. The molecule has 1 aromatic rings. The Hall–Kier alpha value is -2.29. The summed E-state index contributed by atoms with van der Waals surface area (Å²) in [6.07, 6.45) is 2.30. The number of benzene rings is 1. The molecule has 0 radical (unpaired) electrons. The van der Waals surface area contributed by atoms with E-state index >= 15 is 0 Å². The SMILES string of the molecule is CCCCOC(=O)NCCNC(=O)c1ccc(NS(C)(=O)=O)cc1. The maximum Gasteiger partial charge on any atom is 0.407 e. The number of carbonyl (C=O) groups is 2. The first kappa shape index (κ1) is 19.8. The van der Waals surface area contributed by atoms with Gasteiger partial charge >= 0.3 is 6.09 Å². The molecule has 0 fully saturated rings. The van der Waals surface area contributed by atoms with Crippen molar-refractivity contribution in [2.45, 2.75) is 19.8 Å². The fourth-order valence-corrected chi connectivity index (χ4v) is 2.27. The van der Waals surface area contributed by atoms with Crippen LogP contribution >= 0.6 is 0 Å². The van der Waals surface area contributed by atoms with Crippen LogP contribution in [0.3, 0.4) is 0 Å². The molecule has 3 N–H and O–H groups in total. The van der Waals surface area contributed by atoms with Crippen LogP contribution in [0.25, 0.3) is 0 Å². The molecule has 0 aliphatic carbocycles. The molecule has 0 unspecified atom stereocenters. The first-order valence-corrected chi connectivity index (χ1v) is 9.47. The van der Waals surface area contributed by atoms with Crippen molar-refractivity contribution in [3.8, 4) is 0 Å². The normalized spacial score (nSPS) is 10.8. The van der Waals surface area contributed by atoms with Crippen molar-refractivity contribution in [2.24, 2.45) is 0 Å². The molecule has 0 spiro atoms. The van der Waals surface area contributed by atoms with Gasteiger partial charge in [0.1, 0.15) is 0 Å². The Bertz CT molecular complexity index is 644. The third-order valence-electron chi connectivity index (χ3n) is 2.86. The molecule has 1 aromatic carbocycles. The molecular weight excluding hydrogens is 334 g/mol.